The topological polar surface area (TPSA) is 46.3 Å². The van der Waals surface area contributed by atoms with Gasteiger partial charge >= 0.3 is 0 Å². The molecule has 0 aliphatic heterocycles. The Morgan fingerprint density at radius 2 is 2.00 bits per heavy atom. The van der Waals surface area contributed by atoms with E-state index in [0.717, 1.165) is 24.2 Å². The first-order valence-corrected chi connectivity index (χ1v) is 7.36. The van der Waals surface area contributed by atoms with Crippen LogP contribution in [-0.4, -0.2) is 23.0 Å². The highest BCUT2D eigenvalue weighted by molar-refractivity contribution is 5.92. The molecule has 1 aliphatic rings. The summed E-state index contributed by atoms with van der Waals surface area (Å²) in [4.78, 5) is 14.2. The minimum absolute atomic E-state index is 0.000764. The quantitative estimate of drug-likeness (QED) is 0.860. The SMILES string of the molecule is Cc1ccc(C(C)N(C)C(=O)c2cc(C3CC3)on2)cc1. The number of rotatable bonds is 4. The van der Waals surface area contributed by atoms with Crippen LogP contribution in [0.3, 0.4) is 0 Å². The van der Waals surface area contributed by atoms with Gasteiger partial charge in [0.15, 0.2) is 5.69 Å². The minimum atomic E-state index is -0.0984. The van der Waals surface area contributed by atoms with Crippen LogP contribution < -0.4 is 0 Å². The molecule has 0 radical (unpaired) electrons. The summed E-state index contributed by atoms with van der Waals surface area (Å²) >= 11 is 0. The van der Waals surface area contributed by atoms with Crippen LogP contribution in [0.1, 0.15) is 59.1 Å². The molecule has 1 saturated carbocycles. The maximum atomic E-state index is 12.5. The fraction of sp³-hybridized carbons (Fsp3) is 0.412. The molecular weight excluding hydrogens is 264 g/mol. The van der Waals surface area contributed by atoms with Crippen LogP contribution in [0.4, 0.5) is 0 Å². The fourth-order valence-corrected chi connectivity index (χ4v) is 2.38. The zero-order valence-electron chi connectivity index (χ0n) is 12.7. The van der Waals surface area contributed by atoms with Crippen molar-refractivity contribution >= 4 is 5.91 Å². The number of hydrogen-bond acceptors (Lipinski definition) is 3. The lowest BCUT2D eigenvalue weighted by molar-refractivity contribution is 0.0732. The van der Waals surface area contributed by atoms with Crippen LogP contribution in [0.5, 0.6) is 0 Å². The smallest absolute Gasteiger partial charge is 0.276 e. The number of carbonyl (C=O) groups is 1. The molecule has 0 N–H and O–H groups in total. The summed E-state index contributed by atoms with van der Waals surface area (Å²) in [5, 5.41) is 3.92. The largest absolute Gasteiger partial charge is 0.360 e. The molecule has 0 bridgehead atoms. The predicted octanol–water partition coefficient (Wildman–Crippen LogP) is 3.69. The van der Waals surface area contributed by atoms with Gasteiger partial charge in [-0.2, -0.15) is 0 Å². The molecular formula is C17H20N2O2. The van der Waals surface area contributed by atoms with Crippen LogP contribution in [0.15, 0.2) is 34.9 Å². The van der Waals surface area contributed by atoms with Crippen LogP contribution >= 0.6 is 0 Å². The Labute approximate surface area is 124 Å². The predicted molar refractivity (Wildman–Crippen MR) is 80.2 cm³/mol. The number of hydrogen-bond donors (Lipinski definition) is 0. The van der Waals surface area contributed by atoms with E-state index in [1.165, 1.54) is 5.56 Å². The third-order valence-electron chi connectivity index (χ3n) is 4.19. The molecule has 4 nitrogen and oxygen atoms in total. The highest BCUT2D eigenvalue weighted by Gasteiger charge is 2.30. The van der Waals surface area contributed by atoms with E-state index in [-0.39, 0.29) is 11.9 Å². The summed E-state index contributed by atoms with van der Waals surface area (Å²) in [5.41, 5.74) is 2.73. The Bertz CT molecular complexity index is 641. The zero-order chi connectivity index (χ0) is 15.0. The molecule has 1 heterocycles. The molecule has 0 spiro atoms. The molecule has 1 aromatic heterocycles. The van der Waals surface area contributed by atoms with Gasteiger partial charge < -0.3 is 9.42 Å². The van der Waals surface area contributed by atoms with Crippen LogP contribution in [0.25, 0.3) is 0 Å². The van der Waals surface area contributed by atoms with Gasteiger partial charge in [0.25, 0.3) is 5.91 Å². The van der Waals surface area contributed by atoms with Gasteiger partial charge in [-0.3, -0.25) is 4.79 Å². The number of nitrogens with zero attached hydrogens (tertiary/aromatic N) is 2. The molecule has 1 fully saturated rings. The van der Waals surface area contributed by atoms with Gasteiger partial charge in [-0.1, -0.05) is 35.0 Å². The Morgan fingerprint density at radius 3 is 2.62 bits per heavy atom. The summed E-state index contributed by atoms with van der Waals surface area (Å²) < 4.78 is 5.26. The molecule has 1 aromatic carbocycles. The average Bonchev–Trinajstić information content (AvgIpc) is 3.23. The van der Waals surface area contributed by atoms with E-state index in [1.54, 1.807) is 18.0 Å². The van der Waals surface area contributed by atoms with E-state index in [2.05, 4.69) is 36.3 Å². The van der Waals surface area contributed by atoms with E-state index in [4.69, 9.17) is 4.52 Å². The Morgan fingerprint density at radius 1 is 1.33 bits per heavy atom. The van der Waals surface area contributed by atoms with E-state index < -0.39 is 0 Å². The Kier molecular flexibility index (Phi) is 3.53. The molecule has 21 heavy (non-hydrogen) atoms. The number of aryl methyl sites for hydroxylation is 1. The van der Waals surface area contributed by atoms with Crippen molar-refractivity contribution in [3.05, 3.63) is 52.9 Å². The summed E-state index contributed by atoms with van der Waals surface area (Å²) in [7, 11) is 1.80. The molecule has 110 valence electrons. The Hall–Kier alpha value is -2.10. The average molecular weight is 284 g/mol. The van der Waals surface area contributed by atoms with Gasteiger partial charge in [-0.15, -0.1) is 0 Å². The molecule has 1 unspecified atom stereocenters. The van der Waals surface area contributed by atoms with Gasteiger partial charge in [0.2, 0.25) is 0 Å². The van der Waals surface area contributed by atoms with Crippen molar-refractivity contribution in [1.82, 2.24) is 10.1 Å². The van der Waals surface area contributed by atoms with Crippen molar-refractivity contribution in [2.24, 2.45) is 0 Å². The van der Waals surface area contributed by atoms with Gasteiger partial charge in [-0.25, -0.2) is 0 Å². The van der Waals surface area contributed by atoms with Crippen molar-refractivity contribution in [3.8, 4) is 0 Å². The maximum Gasteiger partial charge on any atom is 0.276 e. The molecule has 1 atom stereocenters. The highest BCUT2D eigenvalue weighted by Crippen LogP contribution is 2.40. The highest BCUT2D eigenvalue weighted by atomic mass is 16.5. The van der Waals surface area contributed by atoms with Crippen molar-refractivity contribution in [1.29, 1.82) is 0 Å². The van der Waals surface area contributed by atoms with Gasteiger partial charge in [0.1, 0.15) is 5.76 Å². The number of amides is 1. The van der Waals surface area contributed by atoms with Crippen molar-refractivity contribution < 1.29 is 9.32 Å². The van der Waals surface area contributed by atoms with Crippen LogP contribution in [0.2, 0.25) is 0 Å². The lowest BCUT2D eigenvalue weighted by atomic mass is 10.1. The second-order valence-corrected chi connectivity index (χ2v) is 5.89. The third-order valence-corrected chi connectivity index (χ3v) is 4.19. The lowest BCUT2D eigenvalue weighted by Crippen LogP contribution is -2.29. The normalized spacial score (nSPS) is 15.8. The Balaban J connectivity index is 1.74. The van der Waals surface area contributed by atoms with Crippen molar-refractivity contribution in [3.63, 3.8) is 0 Å². The van der Waals surface area contributed by atoms with E-state index in [9.17, 15) is 4.79 Å². The second kappa shape index (κ2) is 5.35. The lowest BCUT2D eigenvalue weighted by Gasteiger charge is -2.24. The molecule has 3 rings (SSSR count). The first-order chi connectivity index (χ1) is 10.1. The van der Waals surface area contributed by atoms with Crippen molar-refractivity contribution in [2.45, 2.75) is 38.6 Å². The third kappa shape index (κ3) is 2.84. The number of benzene rings is 1. The molecule has 1 aliphatic carbocycles. The fourth-order valence-electron chi connectivity index (χ4n) is 2.38. The summed E-state index contributed by atoms with van der Waals surface area (Å²) in [6, 6.07) is 10.0. The standard InChI is InChI=1S/C17H20N2O2/c1-11-4-6-13(7-5-11)12(2)19(3)17(20)15-10-16(21-18-15)14-8-9-14/h4-7,10,12,14H,8-9H2,1-3H3. The van der Waals surface area contributed by atoms with Gasteiger partial charge in [0, 0.05) is 19.0 Å². The molecule has 0 saturated heterocycles. The maximum absolute atomic E-state index is 12.5. The summed E-state index contributed by atoms with van der Waals surface area (Å²) in [5.74, 6) is 1.22. The van der Waals surface area contributed by atoms with Crippen LogP contribution in [0, 0.1) is 6.92 Å². The summed E-state index contributed by atoms with van der Waals surface area (Å²) in [6.07, 6.45) is 2.27. The van der Waals surface area contributed by atoms with Gasteiger partial charge in [-0.05, 0) is 32.3 Å². The van der Waals surface area contributed by atoms with Crippen LogP contribution in [-0.2, 0) is 0 Å². The zero-order valence-corrected chi connectivity index (χ0v) is 12.7. The van der Waals surface area contributed by atoms with Gasteiger partial charge in [0.05, 0.1) is 6.04 Å². The van der Waals surface area contributed by atoms with E-state index >= 15 is 0 Å². The molecule has 1 amide bonds. The van der Waals surface area contributed by atoms with Crippen molar-refractivity contribution in [2.75, 3.05) is 7.05 Å². The molecule has 4 heteroatoms. The number of carbonyl (C=O) groups excluding carboxylic acids is 1. The first kappa shape index (κ1) is 13.9. The molecule has 2 aromatic rings. The monoisotopic (exact) mass is 284 g/mol. The first-order valence-electron chi connectivity index (χ1n) is 7.36. The number of aromatic nitrogens is 1. The minimum Gasteiger partial charge on any atom is -0.360 e. The van der Waals surface area contributed by atoms with E-state index in [0.29, 0.717) is 11.6 Å². The second-order valence-electron chi connectivity index (χ2n) is 5.89. The van der Waals surface area contributed by atoms with E-state index in [1.807, 2.05) is 6.92 Å². The summed E-state index contributed by atoms with van der Waals surface area (Å²) in [6.45, 7) is 4.07.